The number of aliphatic hydroxyl groups excluding tert-OH is 1. The van der Waals surface area contributed by atoms with Gasteiger partial charge in [-0.2, -0.15) is 0 Å². The first-order chi connectivity index (χ1) is 24.3. The van der Waals surface area contributed by atoms with Crippen LogP contribution in [0.1, 0.15) is 43.3 Å². The van der Waals surface area contributed by atoms with Gasteiger partial charge in [-0.15, -0.1) is 0 Å². The lowest BCUT2D eigenvalue weighted by Gasteiger charge is -2.50. The number of fused-ring (bicyclic) bond motifs is 3. The Hall–Kier alpha value is -4.82. The molecule has 3 aliphatic rings. The maximum absolute atomic E-state index is 13.9. The van der Waals surface area contributed by atoms with Gasteiger partial charge in [0.15, 0.2) is 0 Å². The van der Waals surface area contributed by atoms with E-state index >= 15 is 0 Å². The standard InChI is InChI=1S/C38H44N8O5/c1-23-28(27-8-9-39-34(29(27)19-47)45-12-11-44-31(36(45)49)14-24-16-37(2,3)17-32(24)44)15-30(35(48)42(23)5)41-33-7-6-25(18-40-33)46-13-10-43(22-38(46,4)50)26-20-51-21-26/h6-9,11-12,14-15,18,26,47,50H,10,13,16-17,19-22H2,1-5H3,(H,40,41)/t38-/m0/s1. The number of β-amino-alcohol motifs (C(OH)–C–C–N with tert-alkyl or cyclic N) is 1. The van der Waals surface area contributed by atoms with Gasteiger partial charge in [-0.3, -0.25) is 19.1 Å². The highest BCUT2D eigenvalue weighted by Gasteiger charge is 2.40. The van der Waals surface area contributed by atoms with Crippen LogP contribution in [0.5, 0.6) is 0 Å². The molecule has 0 radical (unpaired) electrons. The number of anilines is 3. The topological polar surface area (TPSA) is 142 Å². The summed E-state index contributed by atoms with van der Waals surface area (Å²) in [6, 6.07) is 9.56. The molecule has 0 unspecified atom stereocenters. The van der Waals surface area contributed by atoms with Crippen molar-refractivity contribution in [2.45, 2.75) is 58.9 Å². The molecule has 5 aromatic heterocycles. The molecule has 7 heterocycles. The van der Waals surface area contributed by atoms with Crippen molar-refractivity contribution in [3.63, 3.8) is 0 Å². The van der Waals surface area contributed by atoms with Gasteiger partial charge in [0.2, 0.25) is 0 Å². The fraction of sp³-hybridized carbons (Fsp3) is 0.421. The van der Waals surface area contributed by atoms with Gasteiger partial charge in [0.05, 0.1) is 37.7 Å². The van der Waals surface area contributed by atoms with E-state index in [1.165, 1.54) is 10.1 Å². The molecule has 2 aliphatic heterocycles. The van der Waals surface area contributed by atoms with Crippen molar-refractivity contribution < 1.29 is 14.9 Å². The highest BCUT2D eigenvalue weighted by Crippen LogP contribution is 2.38. The molecule has 13 nitrogen and oxygen atoms in total. The van der Waals surface area contributed by atoms with Gasteiger partial charge in [-0.05, 0) is 73.6 Å². The Morgan fingerprint density at radius 1 is 1.00 bits per heavy atom. The lowest BCUT2D eigenvalue weighted by atomic mass is 9.90. The van der Waals surface area contributed by atoms with Gasteiger partial charge in [0, 0.05) is 67.8 Å². The Kier molecular flexibility index (Phi) is 7.94. The minimum absolute atomic E-state index is 0.158. The molecule has 0 aromatic carbocycles. The van der Waals surface area contributed by atoms with E-state index in [0.717, 1.165) is 30.8 Å². The summed E-state index contributed by atoms with van der Waals surface area (Å²) in [6.07, 6.45) is 8.74. The molecule has 1 atom stereocenters. The van der Waals surface area contributed by atoms with Gasteiger partial charge in [0.25, 0.3) is 11.1 Å². The molecule has 266 valence electrons. The zero-order valence-corrected chi connectivity index (χ0v) is 29.7. The molecule has 51 heavy (non-hydrogen) atoms. The van der Waals surface area contributed by atoms with Crippen molar-refractivity contribution in [3.05, 3.63) is 98.3 Å². The molecule has 5 aromatic rings. The summed E-state index contributed by atoms with van der Waals surface area (Å²) in [5, 5.41) is 25.2. The molecular weight excluding hydrogens is 648 g/mol. The van der Waals surface area contributed by atoms with Crippen LogP contribution in [0.15, 0.2) is 64.7 Å². The number of nitrogens with zero attached hydrogens (tertiary/aromatic N) is 7. The summed E-state index contributed by atoms with van der Waals surface area (Å²) >= 11 is 0. The number of hydrogen-bond acceptors (Lipinski definition) is 10. The highest BCUT2D eigenvalue weighted by molar-refractivity contribution is 5.76. The van der Waals surface area contributed by atoms with E-state index in [-0.39, 0.29) is 23.1 Å². The molecule has 0 bridgehead atoms. The first-order valence-electron chi connectivity index (χ1n) is 17.4. The molecule has 0 spiro atoms. The Labute approximate surface area is 295 Å². The van der Waals surface area contributed by atoms with Crippen LogP contribution in [0.3, 0.4) is 0 Å². The summed E-state index contributed by atoms with van der Waals surface area (Å²) in [5.41, 5.74) is 5.15. The number of piperazine rings is 1. The van der Waals surface area contributed by atoms with E-state index in [4.69, 9.17) is 4.74 Å². The number of rotatable bonds is 7. The normalized spacial score (nSPS) is 20.5. The second kappa shape index (κ2) is 12.2. The van der Waals surface area contributed by atoms with Crippen molar-refractivity contribution in [2.75, 3.05) is 43.1 Å². The van der Waals surface area contributed by atoms with Crippen LogP contribution in [0.2, 0.25) is 0 Å². The maximum Gasteiger partial charge on any atom is 0.280 e. The lowest BCUT2D eigenvalue weighted by molar-refractivity contribution is -0.101. The van der Waals surface area contributed by atoms with Gasteiger partial charge in [-0.25, -0.2) is 9.97 Å². The van der Waals surface area contributed by atoms with Crippen molar-refractivity contribution in [3.8, 4) is 16.9 Å². The van der Waals surface area contributed by atoms with Crippen LogP contribution in [0.4, 0.5) is 17.2 Å². The second-order valence-electron chi connectivity index (χ2n) is 15.2. The van der Waals surface area contributed by atoms with Crippen molar-refractivity contribution in [2.24, 2.45) is 12.5 Å². The monoisotopic (exact) mass is 692 g/mol. The summed E-state index contributed by atoms with van der Waals surface area (Å²) < 4.78 is 10.4. The minimum Gasteiger partial charge on any atom is -0.392 e. The third kappa shape index (κ3) is 5.64. The van der Waals surface area contributed by atoms with E-state index in [9.17, 15) is 19.8 Å². The molecule has 13 heteroatoms. The Morgan fingerprint density at radius 3 is 2.49 bits per heavy atom. The van der Waals surface area contributed by atoms with Crippen LogP contribution in [-0.2, 0) is 31.2 Å². The molecule has 2 saturated heterocycles. The van der Waals surface area contributed by atoms with E-state index in [0.29, 0.717) is 77.6 Å². The fourth-order valence-corrected chi connectivity index (χ4v) is 8.04. The quantitative estimate of drug-likeness (QED) is 0.233. The van der Waals surface area contributed by atoms with Crippen LogP contribution < -0.4 is 21.3 Å². The fourth-order valence-electron chi connectivity index (χ4n) is 8.04. The number of aromatic nitrogens is 5. The molecule has 8 rings (SSSR count). The molecule has 1 aliphatic carbocycles. The van der Waals surface area contributed by atoms with E-state index in [2.05, 4.69) is 34.0 Å². The SMILES string of the molecule is Cc1c(-c2ccnc(-n3ccn4c5c(cc4c3=O)CC(C)(C)C5)c2CO)cc(Nc2ccc(N3CCN(C4COC4)C[C@]3(C)O)cn2)c(=O)n1C. The van der Waals surface area contributed by atoms with Gasteiger partial charge >= 0.3 is 0 Å². The molecule has 0 saturated carbocycles. The zero-order valence-electron chi connectivity index (χ0n) is 29.7. The minimum atomic E-state index is -1.07. The first-order valence-corrected chi connectivity index (χ1v) is 17.4. The predicted octanol–water partition coefficient (Wildman–Crippen LogP) is 3.14. The Bertz CT molecular complexity index is 2280. The van der Waals surface area contributed by atoms with Crippen LogP contribution in [-0.4, -0.2) is 83.2 Å². The molecule has 3 N–H and O–H groups in total. The lowest BCUT2D eigenvalue weighted by Crippen LogP contribution is -2.65. The molecule has 2 fully saturated rings. The van der Waals surface area contributed by atoms with Crippen molar-refractivity contribution in [1.82, 2.24) is 28.4 Å². The van der Waals surface area contributed by atoms with Gasteiger partial charge in [-0.1, -0.05) is 13.8 Å². The zero-order chi connectivity index (χ0) is 35.8. The number of pyridine rings is 3. The smallest absolute Gasteiger partial charge is 0.280 e. The number of aliphatic hydroxyl groups is 2. The number of hydrogen-bond donors (Lipinski definition) is 3. The molecular formula is C38H44N8O5. The van der Waals surface area contributed by atoms with Crippen LogP contribution >= 0.6 is 0 Å². The summed E-state index contributed by atoms with van der Waals surface area (Å²) in [5.74, 6) is 0.803. The third-order valence-corrected chi connectivity index (χ3v) is 10.9. The highest BCUT2D eigenvalue weighted by atomic mass is 16.5. The third-order valence-electron chi connectivity index (χ3n) is 10.9. The average Bonchev–Trinajstić information content (AvgIpc) is 3.56. The largest absolute Gasteiger partial charge is 0.392 e. The van der Waals surface area contributed by atoms with Crippen molar-refractivity contribution in [1.29, 1.82) is 0 Å². The van der Waals surface area contributed by atoms with Gasteiger partial charge in [0.1, 0.15) is 28.6 Å². The van der Waals surface area contributed by atoms with Crippen LogP contribution in [0.25, 0.3) is 22.5 Å². The summed E-state index contributed by atoms with van der Waals surface area (Å²) in [7, 11) is 1.70. The van der Waals surface area contributed by atoms with Crippen LogP contribution in [0, 0.1) is 12.3 Å². The maximum atomic E-state index is 13.9. The average molecular weight is 693 g/mol. The van der Waals surface area contributed by atoms with E-state index in [1.807, 2.05) is 41.5 Å². The van der Waals surface area contributed by atoms with Crippen molar-refractivity contribution >= 4 is 22.7 Å². The first kappa shape index (κ1) is 33.3. The Balaban J connectivity index is 1.10. The van der Waals surface area contributed by atoms with E-state index < -0.39 is 5.72 Å². The van der Waals surface area contributed by atoms with E-state index in [1.54, 1.807) is 48.4 Å². The van der Waals surface area contributed by atoms with Gasteiger partial charge < -0.3 is 34.1 Å². The Morgan fingerprint density at radius 2 is 1.80 bits per heavy atom. The molecule has 0 amide bonds. The second-order valence-corrected chi connectivity index (χ2v) is 15.2. The predicted molar refractivity (Wildman–Crippen MR) is 195 cm³/mol. The summed E-state index contributed by atoms with van der Waals surface area (Å²) in [6.45, 7) is 11.1. The number of ether oxygens (including phenoxy) is 1. The number of nitrogens with one attached hydrogen (secondary N) is 1. The summed E-state index contributed by atoms with van der Waals surface area (Å²) in [4.78, 5) is 40.8.